The third kappa shape index (κ3) is 3.86. The molecule has 0 aliphatic rings. The first-order valence-corrected chi connectivity index (χ1v) is 8.09. The maximum atomic E-state index is 5.54. The fraction of sp³-hybridized carbons (Fsp3) is 0.333. The Hall–Kier alpha value is -1.32. The molecule has 0 radical (unpaired) electrons. The van der Waals surface area contributed by atoms with E-state index in [1.807, 2.05) is 12.1 Å². The minimum Gasteiger partial charge on any atom is -0.496 e. The second-order valence-electron chi connectivity index (χ2n) is 5.15. The lowest BCUT2D eigenvalue weighted by molar-refractivity contribution is 0.403. The van der Waals surface area contributed by atoms with E-state index in [9.17, 15) is 0 Å². The molecule has 0 bridgehead atoms. The van der Waals surface area contributed by atoms with Crippen LogP contribution in [0.25, 0.3) is 0 Å². The van der Waals surface area contributed by atoms with Crippen LogP contribution in [-0.2, 0) is 0 Å². The highest BCUT2D eigenvalue weighted by Crippen LogP contribution is 2.34. The molecule has 0 saturated carbocycles. The third-order valence-electron chi connectivity index (χ3n) is 3.51. The van der Waals surface area contributed by atoms with E-state index in [0.29, 0.717) is 0 Å². The molecule has 2 aromatic rings. The lowest BCUT2D eigenvalue weighted by atomic mass is 9.96. The van der Waals surface area contributed by atoms with Crippen LogP contribution in [0, 0.1) is 6.92 Å². The molecule has 21 heavy (non-hydrogen) atoms. The first-order chi connectivity index (χ1) is 10.2. The molecule has 3 heteroatoms. The molecule has 1 atom stereocenters. The Kier molecular flexibility index (Phi) is 5.83. The van der Waals surface area contributed by atoms with Crippen molar-refractivity contribution in [3.63, 3.8) is 0 Å². The average molecular weight is 348 g/mol. The van der Waals surface area contributed by atoms with Crippen LogP contribution in [0.3, 0.4) is 0 Å². The highest BCUT2D eigenvalue weighted by Gasteiger charge is 2.19. The van der Waals surface area contributed by atoms with Gasteiger partial charge in [0.1, 0.15) is 5.75 Å². The van der Waals surface area contributed by atoms with E-state index >= 15 is 0 Å². The smallest absolute Gasteiger partial charge is 0.123 e. The van der Waals surface area contributed by atoms with Crippen molar-refractivity contribution in [2.75, 3.05) is 13.7 Å². The van der Waals surface area contributed by atoms with Crippen molar-refractivity contribution in [3.05, 3.63) is 63.6 Å². The zero-order valence-electron chi connectivity index (χ0n) is 12.8. The molecule has 1 unspecified atom stereocenters. The molecule has 2 aromatic carbocycles. The number of halogens is 1. The number of rotatable bonds is 6. The van der Waals surface area contributed by atoms with Gasteiger partial charge in [0.25, 0.3) is 0 Å². The Balaban J connectivity index is 2.49. The monoisotopic (exact) mass is 347 g/mol. The molecule has 0 fully saturated rings. The number of hydrogen-bond donors (Lipinski definition) is 1. The van der Waals surface area contributed by atoms with Gasteiger partial charge in [-0.05, 0) is 37.6 Å². The second kappa shape index (κ2) is 7.62. The second-order valence-corrected chi connectivity index (χ2v) is 6.01. The predicted molar refractivity (Wildman–Crippen MR) is 92.0 cm³/mol. The van der Waals surface area contributed by atoms with E-state index in [1.165, 1.54) is 16.7 Å². The molecule has 0 saturated heterocycles. The first kappa shape index (κ1) is 16.1. The fourth-order valence-corrected chi connectivity index (χ4v) is 2.94. The number of para-hydroxylation sites is 1. The Morgan fingerprint density at radius 3 is 2.62 bits per heavy atom. The Morgan fingerprint density at radius 2 is 1.90 bits per heavy atom. The minimum atomic E-state index is 0.121. The number of nitrogens with one attached hydrogen (secondary N) is 1. The van der Waals surface area contributed by atoms with Crippen LogP contribution in [-0.4, -0.2) is 13.7 Å². The van der Waals surface area contributed by atoms with Crippen molar-refractivity contribution in [2.24, 2.45) is 0 Å². The summed E-state index contributed by atoms with van der Waals surface area (Å²) >= 11 is 3.69. The molecular weight excluding hydrogens is 326 g/mol. The number of ether oxygens (including phenoxy) is 1. The van der Waals surface area contributed by atoms with Crippen molar-refractivity contribution in [3.8, 4) is 5.75 Å². The normalized spacial score (nSPS) is 12.2. The molecule has 0 spiro atoms. The van der Waals surface area contributed by atoms with Crippen LogP contribution >= 0.6 is 15.9 Å². The summed E-state index contributed by atoms with van der Waals surface area (Å²) in [4.78, 5) is 0. The van der Waals surface area contributed by atoms with Crippen LogP contribution < -0.4 is 10.1 Å². The van der Waals surface area contributed by atoms with E-state index in [1.54, 1.807) is 7.11 Å². The van der Waals surface area contributed by atoms with Gasteiger partial charge in [0.05, 0.1) is 13.2 Å². The third-order valence-corrected chi connectivity index (χ3v) is 4.23. The Morgan fingerprint density at radius 1 is 1.14 bits per heavy atom. The van der Waals surface area contributed by atoms with Crippen molar-refractivity contribution in [2.45, 2.75) is 26.3 Å². The zero-order valence-corrected chi connectivity index (χ0v) is 14.4. The van der Waals surface area contributed by atoms with E-state index in [4.69, 9.17) is 4.74 Å². The minimum absolute atomic E-state index is 0.121. The quantitative estimate of drug-likeness (QED) is 0.805. The molecule has 0 aromatic heterocycles. The Labute approximate surface area is 135 Å². The molecule has 112 valence electrons. The summed E-state index contributed by atoms with van der Waals surface area (Å²) in [6.45, 7) is 5.26. The molecule has 0 aliphatic carbocycles. The molecule has 1 N–H and O–H groups in total. The van der Waals surface area contributed by atoms with Crippen LogP contribution in [0.15, 0.2) is 46.9 Å². The van der Waals surface area contributed by atoms with Gasteiger partial charge >= 0.3 is 0 Å². The predicted octanol–water partition coefficient (Wildman–Crippen LogP) is 4.86. The van der Waals surface area contributed by atoms with Gasteiger partial charge in [-0.25, -0.2) is 0 Å². The maximum Gasteiger partial charge on any atom is 0.123 e. The largest absolute Gasteiger partial charge is 0.496 e. The van der Waals surface area contributed by atoms with Gasteiger partial charge in [0.2, 0.25) is 0 Å². The molecule has 2 rings (SSSR count). The van der Waals surface area contributed by atoms with Gasteiger partial charge in [0.15, 0.2) is 0 Å². The van der Waals surface area contributed by atoms with E-state index in [-0.39, 0.29) is 6.04 Å². The summed E-state index contributed by atoms with van der Waals surface area (Å²) < 4.78 is 6.66. The number of benzene rings is 2. The van der Waals surface area contributed by atoms with Gasteiger partial charge < -0.3 is 10.1 Å². The van der Waals surface area contributed by atoms with Crippen LogP contribution in [0.2, 0.25) is 0 Å². The SMILES string of the molecule is CCCNC(c1cc(C)ccc1Br)c1ccccc1OC. The summed E-state index contributed by atoms with van der Waals surface area (Å²) in [5.74, 6) is 0.916. The Bertz CT molecular complexity index is 598. The van der Waals surface area contributed by atoms with Crippen molar-refractivity contribution in [1.29, 1.82) is 0 Å². The van der Waals surface area contributed by atoms with Crippen LogP contribution in [0.4, 0.5) is 0 Å². The highest BCUT2D eigenvalue weighted by atomic mass is 79.9. The average Bonchev–Trinajstić information content (AvgIpc) is 2.51. The van der Waals surface area contributed by atoms with Gasteiger partial charge in [-0.1, -0.05) is 58.7 Å². The zero-order chi connectivity index (χ0) is 15.2. The summed E-state index contributed by atoms with van der Waals surface area (Å²) in [7, 11) is 1.72. The van der Waals surface area contributed by atoms with Crippen molar-refractivity contribution >= 4 is 15.9 Å². The van der Waals surface area contributed by atoms with E-state index < -0.39 is 0 Å². The molecule has 0 amide bonds. The first-order valence-electron chi connectivity index (χ1n) is 7.29. The standard InChI is InChI=1S/C18H22BrNO/c1-4-11-20-18(14-7-5-6-8-17(14)21-3)15-12-13(2)9-10-16(15)19/h5-10,12,18,20H,4,11H2,1-3H3. The van der Waals surface area contributed by atoms with Crippen molar-refractivity contribution < 1.29 is 4.74 Å². The van der Waals surface area contributed by atoms with Gasteiger partial charge in [-0.3, -0.25) is 0 Å². The van der Waals surface area contributed by atoms with Gasteiger partial charge in [0, 0.05) is 10.0 Å². The molecular formula is C18H22BrNO. The lowest BCUT2D eigenvalue weighted by Crippen LogP contribution is -2.24. The number of hydrogen-bond acceptors (Lipinski definition) is 2. The highest BCUT2D eigenvalue weighted by molar-refractivity contribution is 9.10. The van der Waals surface area contributed by atoms with Gasteiger partial charge in [-0.15, -0.1) is 0 Å². The summed E-state index contributed by atoms with van der Waals surface area (Å²) in [5, 5.41) is 3.63. The van der Waals surface area contributed by atoms with E-state index in [2.05, 4.69) is 65.4 Å². The van der Waals surface area contributed by atoms with Gasteiger partial charge in [-0.2, -0.15) is 0 Å². The molecule has 0 aliphatic heterocycles. The van der Waals surface area contributed by atoms with Crippen LogP contribution in [0.1, 0.15) is 36.1 Å². The van der Waals surface area contributed by atoms with E-state index in [0.717, 1.165) is 23.2 Å². The fourth-order valence-electron chi connectivity index (χ4n) is 2.47. The van der Waals surface area contributed by atoms with Crippen molar-refractivity contribution in [1.82, 2.24) is 5.32 Å². The maximum absolute atomic E-state index is 5.54. The summed E-state index contributed by atoms with van der Waals surface area (Å²) in [6.07, 6.45) is 1.09. The number of aryl methyl sites for hydroxylation is 1. The van der Waals surface area contributed by atoms with Crippen LogP contribution in [0.5, 0.6) is 5.75 Å². The lowest BCUT2D eigenvalue weighted by Gasteiger charge is -2.23. The number of methoxy groups -OCH3 is 1. The topological polar surface area (TPSA) is 21.3 Å². The molecule has 0 heterocycles. The summed E-state index contributed by atoms with van der Waals surface area (Å²) in [5.41, 5.74) is 3.67. The summed E-state index contributed by atoms with van der Waals surface area (Å²) in [6, 6.07) is 14.8. The molecule has 2 nitrogen and oxygen atoms in total.